The standard InChI is InChI=1S/C24H28ClNO4/c1-16-20(25)10-6-12-21(16)26-22-11-4-3-9-19(22)23(27)28-14-18-15-29-24(2,30-18)13-17-7-5-8-17/h3-4,6,9-12,17-18,26H,5,7-8,13-15H2,1-2H3. The summed E-state index contributed by atoms with van der Waals surface area (Å²) in [4.78, 5) is 12.8. The molecule has 0 bridgehead atoms. The maximum Gasteiger partial charge on any atom is 0.340 e. The second-order valence-electron chi connectivity index (χ2n) is 8.37. The topological polar surface area (TPSA) is 56.8 Å². The van der Waals surface area contributed by atoms with E-state index in [2.05, 4.69) is 5.32 Å². The minimum Gasteiger partial charge on any atom is -0.459 e. The van der Waals surface area contributed by atoms with Gasteiger partial charge >= 0.3 is 5.97 Å². The van der Waals surface area contributed by atoms with E-state index < -0.39 is 11.8 Å². The minimum absolute atomic E-state index is 0.170. The summed E-state index contributed by atoms with van der Waals surface area (Å²) >= 11 is 6.21. The van der Waals surface area contributed by atoms with Crippen LogP contribution in [0.15, 0.2) is 42.5 Å². The number of rotatable bonds is 7. The normalized spacial score (nSPS) is 23.8. The molecule has 2 aromatic carbocycles. The quantitative estimate of drug-likeness (QED) is 0.557. The molecule has 1 N–H and O–H groups in total. The Labute approximate surface area is 182 Å². The fourth-order valence-corrected chi connectivity index (χ4v) is 4.18. The van der Waals surface area contributed by atoms with E-state index in [-0.39, 0.29) is 12.7 Å². The van der Waals surface area contributed by atoms with E-state index in [0.717, 1.165) is 17.7 Å². The van der Waals surface area contributed by atoms with Crippen LogP contribution in [0.1, 0.15) is 48.5 Å². The molecule has 1 heterocycles. The van der Waals surface area contributed by atoms with Crippen LogP contribution in [0.4, 0.5) is 11.4 Å². The number of nitrogens with one attached hydrogen (secondary N) is 1. The third-order valence-corrected chi connectivity index (χ3v) is 6.37. The van der Waals surface area contributed by atoms with E-state index in [1.165, 1.54) is 19.3 Å². The maximum atomic E-state index is 12.8. The maximum absolute atomic E-state index is 12.8. The predicted molar refractivity (Wildman–Crippen MR) is 117 cm³/mol. The Hall–Kier alpha value is -2.08. The SMILES string of the molecule is Cc1c(Cl)cccc1Nc1ccccc1C(=O)OCC1COC(C)(CC2CCC2)O1. The number of esters is 1. The fourth-order valence-electron chi connectivity index (χ4n) is 4.00. The van der Waals surface area contributed by atoms with E-state index in [0.29, 0.717) is 28.8 Å². The molecule has 0 amide bonds. The van der Waals surface area contributed by atoms with Crippen LogP contribution in [0, 0.1) is 12.8 Å². The summed E-state index contributed by atoms with van der Waals surface area (Å²) in [5.41, 5.74) is 2.91. The number of hydrogen-bond donors (Lipinski definition) is 1. The van der Waals surface area contributed by atoms with E-state index in [1.54, 1.807) is 6.07 Å². The van der Waals surface area contributed by atoms with E-state index in [1.807, 2.05) is 50.2 Å². The van der Waals surface area contributed by atoms with Gasteiger partial charge in [-0.15, -0.1) is 0 Å². The monoisotopic (exact) mass is 429 g/mol. The van der Waals surface area contributed by atoms with Crippen LogP contribution in [0.25, 0.3) is 0 Å². The molecule has 2 aromatic rings. The average Bonchev–Trinajstić information content (AvgIpc) is 3.08. The molecular weight excluding hydrogens is 402 g/mol. The molecule has 1 saturated carbocycles. The Kier molecular flexibility index (Phi) is 6.32. The summed E-state index contributed by atoms with van der Waals surface area (Å²) in [7, 11) is 0. The van der Waals surface area contributed by atoms with Crippen molar-refractivity contribution in [2.75, 3.05) is 18.5 Å². The molecule has 30 heavy (non-hydrogen) atoms. The summed E-state index contributed by atoms with van der Waals surface area (Å²) in [5, 5.41) is 3.97. The van der Waals surface area contributed by atoms with Crippen LogP contribution in [0.5, 0.6) is 0 Å². The van der Waals surface area contributed by atoms with Gasteiger partial charge in [-0.05, 0) is 49.6 Å². The molecule has 0 aromatic heterocycles. The molecule has 1 aliphatic heterocycles. The van der Waals surface area contributed by atoms with Crippen molar-refractivity contribution in [3.05, 3.63) is 58.6 Å². The second kappa shape index (κ2) is 8.96. The molecule has 4 rings (SSSR count). The van der Waals surface area contributed by atoms with Crippen LogP contribution >= 0.6 is 11.6 Å². The van der Waals surface area contributed by atoms with Gasteiger partial charge in [0.2, 0.25) is 0 Å². The van der Waals surface area contributed by atoms with Crippen molar-refractivity contribution < 1.29 is 19.0 Å². The van der Waals surface area contributed by atoms with Crippen molar-refractivity contribution in [3.8, 4) is 0 Å². The van der Waals surface area contributed by atoms with Crippen molar-refractivity contribution in [2.24, 2.45) is 5.92 Å². The van der Waals surface area contributed by atoms with Gasteiger partial charge in [0.25, 0.3) is 0 Å². The molecule has 5 nitrogen and oxygen atoms in total. The highest BCUT2D eigenvalue weighted by Crippen LogP contribution is 2.38. The number of ether oxygens (including phenoxy) is 3. The average molecular weight is 430 g/mol. The first kappa shape index (κ1) is 21.2. The Morgan fingerprint density at radius 3 is 2.73 bits per heavy atom. The minimum atomic E-state index is -0.564. The lowest BCUT2D eigenvalue weighted by Gasteiger charge is -2.33. The molecule has 1 saturated heterocycles. The van der Waals surface area contributed by atoms with Gasteiger partial charge in [-0.2, -0.15) is 0 Å². The van der Waals surface area contributed by atoms with Gasteiger partial charge in [-0.1, -0.05) is 49.1 Å². The molecule has 2 unspecified atom stereocenters. The number of benzene rings is 2. The molecule has 2 fully saturated rings. The highest BCUT2D eigenvalue weighted by molar-refractivity contribution is 6.31. The van der Waals surface area contributed by atoms with Gasteiger partial charge in [-0.3, -0.25) is 0 Å². The van der Waals surface area contributed by atoms with Crippen molar-refractivity contribution in [2.45, 2.75) is 51.4 Å². The number of halogens is 1. The first-order valence-corrected chi connectivity index (χ1v) is 10.9. The number of anilines is 2. The lowest BCUT2D eigenvalue weighted by Crippen LogP contribution is -2.33. The number of carbonyl (C=O) groups is 1. The van der Waals surface area contributed by atoms with Gasteiger partial charge < -0.3 is 19.5 Å². The molecule has 1 aliphatic carbocycles. The molecule has 160 valence electrons. The van der Waals surface area contributed by atoms with Crippen molar-refractivity contribution in [3.63, 3.8) is 0 Å². The largest absolute Gasteiger partial charge is 0.459 e. The third-order valence-electron chi connectivity index (χ3n) is 5.96. The molecule has 6 heteroatoms. The Morgan fingerprint density at radius 1 is 1.20 bits per heavy atom. The molecule has 2 atom stereocenters. The number of carbonyl (C=O) groups excluding carboxylic acids is 1. The van der Waals surface area contributed by atoms with E-state index >= 15 is 0 Å². The summed E-state index contributed by atoms with van der Waals surface area (Å²) in [6.07, 6.45) is 4.46. The molecule has 0 radical (unpaired) electrons. The predicted octanol–water partition coefficient (Wildman–Crippen LogP) is 5.87. The molecule has 0 spiro atoms. The van der Waals surface area contributed by atoms with E-state index in [9.17, 15) is 4.79 Å². The second-order valence-corrected chi connectivity index (χ2v) is 8.77. The van der Waals surface area contributed by atoms with Crippen LogP contribution in [-0.4, -0.2) is 31.1 Å². The Bertz CT molecular complexity index is 914. The fraction of sp³-hybridized carbons (Fsp3) is 0.458. The Balaban J connectivity index is 1.37. The first-order valence-electron chi connectivity index (χ1n) is 10.5. The van der Waals surface area contributed by atoms with Gasteiger partial charge in [0.15, 0.2) is 5.79 Å². The number of hydrogen-bond acceptors (Lipinski definition) is 5. The van der Waals surface area contributed by atoms with Crippen LogP contribution in [0.2, 0.25) is 5.02 Å². The smallest absolute Gasteiger partial charge is 0.340 e. The van der Waals surface area contributed by atoms with Crippen molar-refractivity contribution >= 4 is 28.9 Å². The molecule has 2 aliphatic rings. The van der Waals surface area contributed by atoms with Crippen LogP contribution in [0.3, 0.4) is 0 Å². The number of para-hydroxylation sites is 1. The van der Waals surface area contributed by atoms with Crippen LogP contribution < -0.4 is 5.32 Å². The summed E-state index contributed by atoms with van der Waals surface area (Å²) in [6.45, 7) is 4.53. The zero-order valence-corrected chi connectivity index (χ0v) is 18.2. The Morgan fingerprint density at radius 2 is 1.97 bits per heavy atom. The zero-order valence-electron chi connectivity index (χ0n) is 17.4. The van der Waals surface area contributed by atoms with Gasteiger partial charge in [-0.25, -0.2) is 4.79 Å². The lowest BCUT2D eigenvalue weighted by molar-refractivity contribution is -0.173. The lowest BCUT2D eigenvalue weighted by atomic mass is 9.81. The first-order chi connectivity index (χ1) is 14.4. The summed E-state index contributed by atoms with van der Waals surface area (Å²) in [6, 6.07) is 12.9. The zero-order chi connectivity index (χ0) is 21.1. The summed E-state index contributed by atoms with van der Waals surface area (Å²) in [5.74, 6) is -0.274. The van der Waals surface area contributed by atoms with Gasteiger partial charge in [0, 0.05) is 17.1 Å². The van der Waals surface area contributed by atoms with Crippen LogP contribution in [-0.2, 0) is 14.2 Å². The van der Waals surface area contributed by atoms with Crippen molar-refractivity contribution in [1.82, 2.24) is 0 Å². The molecular formula is C24H28ClNO4. The summed E-state index contributed by atoms with van der Waals surface area (Å²) < 4.78 is 17.5. The van der Waals surface area contributed by atoms with Gasteiger partial charge in [0.05, 0.1) is 17.9 Å². The highest BCUT2D eigenvalue weighted by Gasteiger charge is 2.40. The van der Waals surface area contributed by atoms with Crippen molar-refractivity contribution in [1.29, 1.82) is 0 Å². The highest BCUT2D eigenvalue weighted by atomic mass is 35.5. The third kappa shape index (κ3) is 4.80. The van der Waals surface area contributed by atoms with Gasteiger partial charge in [0.1, 0.15) is 12.7 Å². The van der Waals surface area contributed by atoms with E-state index in [4.69, 9.17) is 25.8 Å².